The molecule has 0 aliphatic rings. The van der Waals surface area contributed by atoms with Gasteiger partial charge in [-0.25, -0.2) is 0 Å². The largest absolute Gasteiger partial charge is 0.299 e. The number of Topliss-reactive ketones (excluding diaryl/α,β-unsaturated/α-hetero) is 1. The van der Waals surface area contributed by atoms with Crippen LogP contribution in [0, 0.1) is 0 Å². The quantitative estimate of drug-likeness (QED) is 0.698. The highest BCUT2D eigenvalue weighted by atomic mass is 16.1. The number of nitrogens with zero attached hydrogens (tertiary/aromatic N) is 1. The van der Waals surface area contributed by atoms with Crippen molar-refractivity contribution in [2.75, 3.05) is 0 Å². The second-order valence-corrected chi connectivity index (χ2v) is 2.59. The Morgan fingerprint density at radius 2 is 2.00 bits per heavy atom. The zero-order valence-corrected chi connectivity index (χ0v) is 8.74. The molecule has 1 rings (SSSR count). The topological polar surface area (TPSA) is 30.0 Å². The molecule has 0 fully saturated rings. The molecule has 0 N–H and O–H groups in total. The minimum absolute atomic E-state index is 0.0730. The Morgan fingerprint density at radius 1 is 1.38 bits per heavy atom. The van der Waals surface area contributed by atoms with Gasteiger partial charge in [-0.05, 0) is 26.0 Å². The molecule has 0 aliphatic carbocycles. The average molecular weight is 179 g/mol. The van der Waals surface area contributed by atoms with Crippen LogP contribution < -0.4 is 0 Å². The average Bonchev–Trinajstić information content (AvgIpc) is 2.21. The molecule has 0 aromatic carbocycles. The molecule has 0 aliphatic heterocycles. The normalized spacial score (nSPS) is 11.1. The highest BCUT2D eigenvalue weighted by molar-refractivity contribution is 5.82. The molecule has 0 amide bonds. The maximum Gasteiger partial charge on any atom is 0.138 e. The Bertz CT molecular complexity index is 244. The van der Waals surface area contributed by atoms with Crippen molar-refractivity contribution < 1.29 is 4.79 Å². The fourth-order valence-electron chi connectivity index (χ4n) is 0.840. The van der Waals surface area contributed by atoms with E-state index in [2.05, 4.69) is 4.98 Å². The maximum absolute atomic E-state index is 10.9. The van der Waals surface area contributed by atoms with Gasteiger partial charge >= 0.3 is 0 Å². The van der Waals surface area contributed by atoms with Gasteiger partial charge in [0.2, 0.25) is 0 Å². The van der Waals surface area contributed by atoms with Crippen molar-refractivity contribution in [1.29, 1.82) is 0 Å². The van der Waals surface area contributed by atoms with Crippen LogP contribution in [0.2, 0.25) is 0 Å². The van der Waals surface area contributed by atoms with Gasteiger partial charge in [0.05, 0.1) is 11.6 Å². The predicted octanol–water partition coefficient (Wildman–Crippen LogP) is 2.80. The van der Waals surface area contributed by atoms with Crippen molar-refractivity contribution in [2.24, 2.45) is 0 Å². The number of hydrogen-bond donors (Lipinski definition) is 0. The lowest BCUT2D eigenvalue weighted by molar-refractivity contribution is -0.118. The standard InChI is InChI=1S/C9H11NO.C2H6/c1-7(8(2)11)9-5-3-4-6-10-9;1-2/h3-7H,1-2H3;1-2H3. The van der Waals surface area contributed by atoms with Crippen molar-refractivity contribution in [2.45, 2.75) is 33.6 Å². The first-order valence-electron chi connectivity index (χ1n) is 4.63. The summed E-state index contributed by atoms with van der Waals surface area (Å²) >= 11 is 0. The lowest BCUT2D eigenvalue weighted by atomic mass is 10.0. The highest BCUT2D eigenvalue weighted by Crippen LogP contribution is 2.11. The second-order valence-electron chi connectivity index (χ2n) is 2.59. The van der Waals surface area contributed by atoms with E-state index in [0.29, 0.717) is 0 Å². The van der Waals surface area contributed by atoms with E-state index in [1.54, 1.807) is 13.1 Å². The molecule has 0 bridgehead atoms. The fraction of sp³-hybridized carbons (Fsp3) is 0.455. The van der Waals surface area contributed by atoms with Crippen LogP contribution in [0.1, 0.15) is 39.3 Å². The Hall–Kier alpha value is -1.18. The molecule has 0 radical (unpaired) electrons. The summed E-state index contributed by atoms with van der Waals surface area (Å²) in [5.41, 5.74) is 0.847. The van der Waals surface area contributed by atoms with Gasteiger partial charge in [-0.3, -0.25) is 9.78 Å². The van der Waals surface area contributed by atoms with Crippen LogP contribution in [0.15, 0.2) is 24.4 Å². The molecule has 0 spiro atoms. The van der Waals surface area contributed by atoms with Gasteiger partial charge in [-0.1, -0.05) is 19.9 Å². The lowest BCUT2D eigenvalue weighted by Gasteiger charge is -2.04. The Kier molecular flexibility index (Phi) is 5.77. The number of rotatable bonds is 2. The minimum atomic E-state index is -0.0730. The van der Waals surface area contributed by atoms with Gasteiger partial charge in [-0.15, -0.1) is 0 Å². The van der Waals surface area contributed by atoms with E-state index in [9.17, 15) is 4.79 Å². The van der Waals surface area contributed by atoms with Gasteiger partial charge in [0.15, 0.2) is 0 Å². The van der Waals surface area contributed by atoms with E-state index in [-0.39, 0.29) is 11.7 Å². The molecule has 1 heterocycles. The third-order valence-corrected chi connectivity index (χ3v) is 1.74. The van der Waals surface area contributed by atoms with Gasteiger partial charge in [-0.2, -0.15) is 0 Å². The van der Waals surface area contributed by atoms with Crippen molar-refractivity contribution in [3.8, 4) is 0 Å². The molecule has 0 saturated carbocycles. The first kappa shape index (κ1) is 11.8. The van der Waals surface area contributed by atoms with Crippen LogP contribution in [-0.2, 0) is 4.79 Å². The number of pyridine rings is 1. The van der Waals surface area contributed by atoms with Crippen molar-refractivity contribution in [1.82, 2.24) is 4.98 Å². The smallest absolute Gasteiger partial charge is 0.138 e. The summed E-state index contributed by atoms with van der Waals surface area (Å²) in [5.74, 6) is 0.0832. The highest BCUT2D eigenvalue weighted by Gasteiger charge is 2.09. The molecule has 72 valence electrons. The van der Waals surface area contributed by atoms with Gasteiger partial charge in [0.25, 0.3) is 0 Å². The van der Waals surface area contributed by atoms with Crippen LogP contribution in [0.25, 0.3) is 0 Å². The third-order valence-electron chi connectivity index (χ3n) is 1.74. The molecule has 1 aromatic heterocycles. The molecule has 13 heavy (non-hydrogen) atoms. The van der Waals surface area contributed by atoms with Crippen LogP contribution in [0.5, 0.6) is 0 Å². The zero-order valence-electron chi connectivity index (χ0n) is 8.74. The molecule has 1 atom stereocenters. The minimum Gasteiger partial charge on any atom is -0.299 e. The van der Waals surface area contributed by atoms with E-state index in [4.69, 9.17) is 0 Å². The van der Waals surface area contributed by atoms with Gasteiger partial charge in [0, 0.05) is 6.20 Å². The van der Waals surface area contributed by atoms with E-state index in [1.165, 1.54) is 0 Å². The van der Waals surface area contributed by atoms with E-state index in [1.807, 2.05) is 39.0 Å². The summed E-state index contributed by atoms with van der Waals surface area (Å²) in [6, 6.07) is 5.60. The summed E-state index contributed by atoms with van der Waals surface area (Å²) in [6.07, 6.45) is 1.70. The summed E-state index contributed by atoms with van der Waals surface area (Å²) in [7, 11) is 0. The molecule has 2 nitrogen and oxygen atoms in total. The number of ketones is 1. The van der Waals surface area contributed by atoms with Crippen LogP contribution in [0.3, 0.4) is 0 Å². The zero-order chi connectivity index (χ0) is 10.3. The van der Waals surface area contributed by atoms with Crippen molar-refractivity contribution in [3.63, 3.8) is 0 Å². The van der Waals surface area contributed by atoms with Gasteiger partial charge < -0.3 is 0 Å². The SMILES string of the molecule is CC.CC(=O)C(C)c1ccccn1. The molecular weight excluding hydrogens is 162 g/mol. The first-order chi connectivity index (χ1) is 6.22. The van der Waals surface area contributed by atoms with Crippen LogP contribution >= 0.6 is 0 Å². The monoisotopic (exact) mass is 179 g/mol. The van der Waals surface area contributed by atoms with Gasteiger partial charge in [0.1, 0.15) is 5.78 Å². The van der Waals surface area contributed by atoms with E-state index in [0.717, 1.165) is 5.69 Å². The van der Waals surface area contributed by atoms with Crippen LogP contribution in [0.4, 0.5) is 0 Å². The molecule has 1 unspecified atom stereocenters. The fourth-order valence-corrected chi connectivity index (χ4v) is 0.840. The molecular formula is C11H17NO. The van der Waals surface area contributed by atoms with Crippen LogP contribution in [-0.4, -0.2) is 10.8 Å². The third kappa shape index (κ3) is 3.83. The lowest BCUT2D eigenvalue weighted by Crippen LogP contribution is -2.05. The summed E-state index contributed by atoms with van der Waals surface area (Å²) in [5, 5.41) is 0. The molecule has 1 aromatic rings. The number of carbonyl (C=O) groups excluding carboxylic acids is 1. The maximum atomic E-state index is 10.9. The Balaban J connectivity index is 0.000000671. The molecule has 0 saturated heterocycles. The number of carbonyl (C=O) groups is 1. The summed E-state index contributed by atoms with van der Waals surface area (Å²) in [6.45, 7) is 7.45. The Labute approximate surface area is 80.0 Å². The number of aromatic nitrogens is 1. The number of hydrogen-bond acceptors (Lipinski definition) is 2. The molecule has 2 heteroatoms. The Morgan fingerprint density at radius 3 is 2.38 bits per heavy atom. The predicted molar refractivity (Wildman–Crippen MR) is 54.7 cm³/mol. The second kappa shape index (κ2) is 6.35. The first-order valence-corrected chi connectivity index (χ1v) is 4.63. The van der Waals surface area contributed by atoms with E-state index < -0.39 is 0 Å². The van der Waals surface area contributed by atoms with Crippen molar-refractivity contribution >= 4 is 5.78 Å². The summed E-state index contributed by atoms with van der Waals surface area (Å²) in [4.78, 5) is 15.0. The summed E-state index contributed by atoms with van der Waals surface area (Å²) < 4.78 is 0. The van der Waals surface area contributed by atoms with Crippen molar-refractivity contribution in [3.05, 3.63) is 30.1 Å². The van der Waals surface area contributed by atoms with E-state index >= 15 is 0 Å².